The summed E-state index contributed by atoms with van der Waals surface area (Å²) in [5.74, 6) is -1.01. The molecular formula is C24H30N4O5S2. The molecule has 3 N–H and O–H groups in total. The van der Waals surface area contributed by atoms with Crippen molar-refractivity contribution >= 4 is 43.9 Å². The molecule has 5 rings (SSSR count). The van der Waals surface area contributed by atoms with Crippen LogP contribution < -0.4 is 16.0 Å². The van der Waals surface area contributed by atoms with Gasteiger partial charge in [0.15, 0.2) is 0 Å². The van der Waals surface area contributed by atoms with Crippen LogP contribution in [0.1, 0.15) is 56.8 Å². The minimum atomic E-state index is -3.72. The molecule has 1 aliphatic carbocycles. The van der Waals surface area contributed by atoms with Crippen LogP contribution in [0.3, 0.4) is 0 Å². The van der Waals surface area contributed by atoms with E-state index in [-0.39, 0.29) is 10.5 Å². The fraction of sp³-hybridized carbons (Fsp3) is 0.500. The molecule has 35 heavy (non-hydrogen) atoms. The summed E-state index contributed by atoms with van der Waals surface area (Å²) in [6.45, 7) is 3.21. The normalized spacial score (nSPS) is 18.9. The van der Waals surface area contributed by atoms with Crippen LogP contribution >= 0.6 is 11.3 Å². The summed E-state index contributed by atoms with van der Waals surface area (Å²) in [5, 5.41) is 3.32. The van der Waals surface area contributed by atoms with E-state index in [4.69, 9.17) is 10.5 Å². The van der Waals surface area contributed by atoms with Crippen molar-refractivity contribution in [3.05, 3.63) is 39.8 Å². The predicted octanol–water partition coefficient (Wildman–Crippen LogP) is 2.60. The van der Waals surface area contributed by atoms with Crippen LogP contribution in [0, 0.1) is 0 Å². The summed E-state index contributed by atoms with van der Waals surface area (Å²) < 4.78 is 33.6. The number of aryl methyl sites for hydroxylation is 1. The Morgan fingerprint density at radius 2 is 1.74 bits per heavy atom. The van der Waals surface area contributed by atoms with E-state index in [1.807, 2.05) is 4.90 Å². The Kier molecular flexibility index (Phi) is 6.84. The molecule has 9 nitrogen and oxygen atoms in total. The second-order valence-electron chi connectivity index (χ2n) is 9.12. The standard InChI is InChI=1S/C24H30N4O5S2/c25-22(29)21-17-5-4-6-20(17)34-24(21)26-23(30)18-15-16(35(31,32)28-9-2-1-3-10-28)7-8-19(18)27-11-13-33-14-12-27/h7-8,15H,1-6,9-14H2,(H2,25,29)(H,26,30). The van der Waals surface area contributed by atoms with Gasteiger partial charge in [0.2, 0.25) is 10.0 Å². The number of sulfonamides is 1. The SMILES string of the molecule is NC(=O)c1c(NC(=O)c2cc(S(=O)(=O)N3CCCCC3)ccc2N2CCOCC2)sc2c1CCC2. The van der Waals surface area contributed by atoms with Crippen molar-refractivity contribution in [1.82, 2.24) is 4.31 Å². The van der Waals surface area contributed by atoms with Crippen molar-refractivity contribution in [2.75, 3.05) is 49.6 Å². The van der Waals surface area contributed by atoms with Crippen molar-refractivity contribution in [3.63, 3.8) is 0 Å². The van der Waals surface area contributed by atoms with Crippen molar-refractivity contribution in [2.45, 2.75) is 43.4 Å². The van der Waals surface area contributed by atoms with Crippen molar-refractivity contribution in [1.29, 1.82) is 0 Å². The van der Waals surface area contributed by atoms with Gasteiger partial charge in [0.05, 0.1) is 29.2 Å². The van der Waals surface area contributed by atoms with Crippen LogP contribution in [0.15, 0.2) is 23.1 Å². The molecule has 0 spiro atoms. The van der Waals surface area contributed by atoms with Gasteiger partial charge >= 0.3 is 0 Å². The number of ether oxygens (including phenoxy) is 1. The number of nitrogens with one attached hydrogen (secondary N) is 1. The molecule has 2 saturated heterocycles. The summed E-state index contributed by atoms with van der Waals surface area (Å²) in [4.78, 5) is 29.0. The van der Waals surface area contributed by atoms with Crippen LogP contribution in [-0.2, 0) is 27.6 Å². The van der Waals surface area contributed by atoms with Crippen molar-refractivity contribution in [3.8, 4) is 0 Å². The molecule has 0 atom stereocenters. The first-order valence-corrected chi connectivity index (χ1v) is 14.3. The maximum Gasteiger partial charge on any atom is 0.258 e. The molecule has 11 heteroatoms. The molecule has 2 fully saturated rings. The van der Waals surface area contributed by atoms with Gasteiger partial charge in [-0.15, -0.1) is 11.3 Å². The lowest BCUT2D eigenvalue weighted by atomic mass is 10.1. The number of piperidine rings is 1. The highest BCUT2D eigenvalue weighted by molar-refractivity contribution is 7.89. The third kappa shape index (κ3) is 4.69. The molecule has 0 saturated carbocycles. The quantitative estimate of drug-likeness (QED) is 0.606. The van der Waals surface area contributed by atoms with Gasteiger partial charge in [-0.05, 0) is 55.9 Å². The Morgan fingerprint density at radius 3 is 2.46 bits per heavy atom. The van der Waals surface area contributed by atoms with E-state index >= 15 is 0 Å². The molecule has 3 aliphatic rings. The van der Waals surface area contributed by atoms with Gasteiger partial charge in [-0.3, -0.25) is 9.59 Å². The van der Waals surface area contributed by atoms with Gasteiger partial charge in [0, 0.05) is 36.7 Å². The summed E-state index contributed by atoms with van der Waals surface area (Å²) in [5.41, 5.74) is 7.87. The maximum atomic E-state index is 13.6. The number of hydrogen-bond acceptors (Lipinski definition) is 7. The number of hydrogen-bond donors (Lipinski definition) is 2. The Bertz CT molecular complexity index is 1240. The molecule has 2 amide bonds. The fourth-order valence-corrected chi connectivity index (χ4v) is 7.95. The number of rotatable bonds is 6. The van der Waals surface area contributed by atoms with Gasteiger partial charge in [-0.25, -0.2) is 8.42 Å². The van der Waals surface area contributed by atoms with Crippen LogP contribution in [0.4, 0.5) is 10.7 Å². The third-order valence-electron chi connectivity index (χ3n) is 6.91. The molecule has 2 aromatic rings. The maximum absolute atomic E-state index is 13.6. The summed E-state index contributed by atoms with van der Waals surface area (Å²) >= 11 is 1.38. The Balaban J connectivity index is 1.52. The Hall–Kier alpha value is -2.47. The number of morpholine rings is 1. The molecule has 0 unspecified atom stereocenters. The number of fused-ring (bicyclic) bond motifs is 1. The number of amides is 2. The van der Waals surface area contributed by atoms with Gasteiger partial charge in [-0.1, -0.05) is 6.42 Å². The smallest absolute Gasteiger partial charge is 0.258 e. The van der Waals surface area contributed by atoms with E-state index in [1.165, 1.54) is 21.7 Å². The van der Waals surface area contributed by atoms with Crippen molar-refractivity contribution < 1.29 is 22.7 Å². The highest BCUT2D eigenvalue weighted by Crippen LogP contribution is 2.39. The minimum Gasteiger partial charge on any atom is -0.378 e. The summed E-state index contributed by atoms with van der Waals surface area (Å²) in [6, 6.07) is 4.76. The minimum absolute atomic E-state index is 0.102. The zero-order valence-electron chi connectivity index (χ0n) is 19.5. The highest BCUT2D eigenvalue weighted by atomic mass is 32.2. The number of benzene rings is 1. The molecule has 2 aliphatic heterocycles. The first kappa shape index (κ1) is 24.2. The second-order valence-corrected chi connectivity index (χ2v) is 12.2. The van der Waals surface area contributed by atoms with Crippen LogP contribution in [0.25, 0.3) is 0 Å². The first-order valence-electron chi connectivity index (χ1n) is 12.1. The predicted molar refractivity (Wildman–Crippen MR) is 135 cm³/mol. The lowest BCUT2D eigenvalue weighted by Gasteiger charge is -2.31. The molecule has 0 radical (unpaired) electrons. The van der Waals surface area contributed by atoms with E-state index in [0.29, 0.717) is 55.6 Å². The zero-order chi connectivity index (χ0) is 24.6. The fourth-order valence-electron chi connectivity index (χ4n) is 5.12. The average molecular weight is 519 g/mol. The van der Waals surface area contributed by atoms with Gasteiger partial charge in [0.25, 0.3) is 11.8 Å². The van der Waals surface area contributed by atoms with Crippen molar-refractivity contribution in [2.24, 2.45) is 5.73 Å². The lowest BCUT2D eigenvalue weighted by Crippen LogP contribution is -2.38. The van der Waals surface area contributed by atoms with E-state index in [0.717, 1.165) is 49.0 Å². The topological polar surface area (TPSA) is 122 Å². The number of primary amides is 1. The number of anilines is 2. The molecule has 3 heterocycles. The summed E-state index contributed by atoms with van der Waals surface area (Å²) in [7, 11) is -3.72. The Morgan fingerprint density at radius 1 is 1.00 bits per heavy atom. The molecular weight excluding hydrogens is 488 g/mol. The number of thiophene rings is 1. The van der Waals surface area contributed by atoms with E-state index in [2.05, 4.69) is 5.32 Å². The van der Waals surface area contributed by atoms with E-state index in [9.17, 15) is 18.0 Å². The third-order valence-corrected chi connectivity index (χ3v) is 10.0. The average Bonchev–Trinajstić information content (AvgIpc) is 3.45. The van der Waals surface area contributed by atoms with Crippen LogP contribution in [0.2, 0.25) is 0 Å². The largest absolute Gasteiger partial charge is 0.378 e. The summed E-state index contributed by atoms with van der Waals surface area (Å²) in [6.07, 6.45) is 5.27. The number of carbonyl (C=O) groups excluding carboxylic acids is 2. The number of carbonyl (C=O) groups is 2. The molecule has 0 bridgehead atoms. The van der Waals surface area contributed by atoms with Gasteiger partial charge in [0.1, 0.15) is 5.00 Å². The Labute approximate surface area is 209 Å². The first-order chi connectivity index (χ1) is 16.9. The van der Waals surface area contributed by atoms with Gasteiger partial charge in [-0.2, -0.15) is 4.31 Å². The van der Waals surface area contributed by atoms with Gasteiger partial charge < -0.3 is 20.7 Å². The zero-order valence-corrected chi connectivity index (χ0v) is 21.2. The highest BCUT2D eigenvalue weighted by Gasteiger charge is 2.30. The van der Waals surface area contributed by atoms with E-state index in [1.54, 1.807) is 12.1 Å². The molecule has 1 aromatic carbocycles. The molecule has 188 valence electrons. The lowest BCUT2D eigenvalue weighted by molar-refractivity contribution is 0.100. The second kappa shape index (κ2) is 9.88. The van der Waals surface area contributed by atoms with Crippen LogP contribution in [-0.4, -0.2) is 63.9 Å². The number of nitrogens with two attached hydrogens (primary N) is 1. The monoisotopic (exact) mass is 518 g/mol. The van der Waals surface area contributed by atoms with Crippen LogP contribution in [0.5, 0.6) is 0 Å². The number of nitrogens with zero attached hydrogens (tertiary/aromatic N) is 2. The molecule has 1 aromatic heterocycles. The van der Waals surface area contributed by atoms with E-state index < -0.39 is 21.8 Å².